The molecule has 0 atom stereocenters. The third-order valence-corrected chi connectivity index (χ3v) is 3.46. The number of rotatable bonds is 6. The van der Waals surface area contributed by atoms with Gasteiger partial charge in [0, 0.05) is 33.1 Å². The van der Waals surface area contributed by atoms with Crippen LogP contribution in [0.25, 0.3) is 0 Å². The molecule has 1 rings (SSSR count). The van der Waals surface area contributed by atoms with Crippen LogP contribution >= 0.6 is 0 Å². The van der Waals surface area contributed by atoms with E-state index < -0.39 is 0 Å². The van der Waals surface area contributed by atoms with Gasteiger partial charge in [0.1, 0.15) is 0 Å². The molecule has 5 nitrogen and oxygen atoms in total. The van der Waals surface area contributed by atoms with Crippen LogP contribution in [0.5, 0.6) is 0 Å². The number of piperazine rings is 1. The van der Waals surface area contributed by atoms with E-state index in [2.05, 4.69) is 31.0 Å². The van der Waals surface area contributed by atoms with Gasteiger partial charge in [0.05, 0.1) is 6.54 Å². The molecule has 0 spiro atoms. The van der Waals surface area contributed by atoms with Crippen molar-refractivity contribution < 1.29 is 9.59 Å². The summed E-state index contributed by atoms with van der Waals surface area (Å²) in [5.41, 5.74) is 0. The maximum absolute atomic E-state index is 11.7. The van der Waals surface area contributed by atoms with Crippen LogP contribution in [0.15, 0.2) is 0 Å². The van der Waals surface area contributed by atoms with Gasteiger partial charge in [-0.1, -0.05) is 47.5 Å². The molecule has 132 valence electrons. The third kappa shape index (κ3) is 11.5. The third-order valence-electron chi connectivity index (χ3n) is 3.46. The fourth-order valence-electron chi connectivity index (χ4n) is 2.20. The highest BCUT2D eigenvalue weighted by atomic mass is 16.2. The number of amides is 2. The minimum atomic E-state index is -0.155. The molecule has 5 heteroatoms. The highest BCUT2D eigenvalue weighted by Gasteiger charge is 2.20. The first kappa shape index (κ1) is 23.2. The molecule has 1 fully saturated rings. The maximum Gasteiger partial charge on any atom is 0.242 e. The summed E-state index contributed by atoms with van der Waals surface area (Å²) < 4.78 is 0. The first-order chi connectivity index (χ1) is 10.0. The minimum Gasteiger partial charge on any atom is -0.347 e. The van der Waals surface area contributed by atoms with E-state index >= 15 is 0 Å². The van der Waals surface area contributed by atoms with Crippen molar-refractivity contribution in [2.24, 2.45) is 0 Å². The zero-order valence-corrected chi connectivity index (χ0v) is 14.3. The van der Waals surface area contributed by atoms with Crippen molar-refractivity contribution in [3.8, 4) is 0 Å². The first-order valence-corrected chi connectivity index (χ1v) is 8.29. The average Bonchev–Trinajstić information content (AvgIpc) is 2.47. The van der Waals surface area contributed by atoms with Crippen molar-refractivity contribution in [3.05, 3.63) is 0 Å². The lowest BCUT2D eigenvalue weighted by atomic mass is 10.3. The molecule has 22 heavy (non-hydrogen) atoms. The monoisotopic (exact) mass is 315 g/mol. The van der Waals surface area contributed by atoms with E-state index in [4.69, 9.17) is 0 Å². The van der Waals surface area contributed by atoms with E-state index in [0.29, 0.717) is 0 Å². The van der Waals surface area contributed by atoms with Gasteiger partial charge in [-0.2, -0.15) is 0 Å². The lowest BCUT2D eigenvalue weighted by Crippen LogP contribution is -2.51. The normalized spacial score (nSPS) is 14.5. The second-order valence-corrected chi connectivity index (χ2v) is 5.49. The van der Waals surface area contributed by atoms with Crippen LogP contribution < -0.4 is 5.32 Å². The highest BCUT2D eigenvalue weighted by molar-refractivity contribution is 5.83. The largest absolute Gasteiger partial charge is 0.347 e. The number of nitrogens with one attached hydrogen (secondary N) is 1. The molecular weight excluding hydrogens is 278 g/mol. The lowest BCUT2D eigenvalue weighted by Gasteiger charge is -2.34. The summed E-state index contributed by atoms with van der Waals surface area (Å²) in [4.78, 5) is 26.5. The van der Waals surface area contributed by atoms with Crippen LogP contribution in [-0.4, -0.2) is 60.9 Å². The Balaban J connectivity index is 0. The maximum atomic E-state index is 11.7. The molecule has 0 radical (unpaired) electrons. The van der Waals surface area contributed by atoms with Crippen LogP contribution in [0, 0.1) is 0 Å². The standard InChI is InChI=1S/C11H21N3O2.C5H12.CH4/c1-3-4-13-5-7-14(8-6-13)11(16)9-12-10(2)15;1-3-5-4-2;/h3-9H2,1-2H3,(H,12,15);3-5H2,1-2H3;1H4. The lowest BCUT2D eigenvalue weighted by molar-refractivity contribution is -0.134. The summed E-state index contributed by atoms with van der Waals surface area (Å²) in [5.74, 6) is -0.135. The van der Waals surface area contributed by atoms with Crippen LogP contribution in [0.2, 0.25) is 0 Å². The van der Waals surface area contributed by atoms with Gasteiger partial charge < -0.3 is 10.2 Å². The molecule has 1 saturated heterocycles. The van der Waals surface area contributed by atoms with E-state index in [9.17, 15) is 9.59 Å². The summed E-state index contributed by atoms with van der Waals surface area (Å²) in [6.45, 7) is 12.7. The first-order valence-electron chi connectivity index (χ1n) is 8.29. The summed E-state index contributed by atoms with van der Waals surface area (Å²) in [6.07, 6.45) is 5.23. The number of carbonyl (C=O) groups excluding carboxylic acids is 2. The molecular formula is C17H37N3O2. The number of nitrogens with zero attached hydrogens (tertiary/aromatic N) is 2. The summed E-state index contributed by atoms with van der Waals surface area (Å²) in [6, 6.07) is 0. The van der Waals surface area contributed by atoms with Crippen LogP contribution in [0.4, 0.5) is 0 Å². The molecule has 0 bridgehead atoms. The average molecular weight is 316 g/mol. The number of carbonyl (C=O) groups is 2. The smallest absolute Gasteiger partial charge is 0.242 e. The fraction of sp³-hybridized carbons (Fsp3) is 0.882. The summed E-state index contributed by atoms with van der Waals surface area (Å²) in [5, 5.41) is 2.54. The SMILES string of the molecule is C.CCCCC.CCCN1CCN(C(=O)CNC(C)=O)CC1. The number of unbranched alkanes of at least 4 members (excludes halogenated alkanes) is 2. The number of hydrogen-bond acceptors (Lipinski definition) is 3. The van der Waals surface area contributed by atoms with Crippen LogP contribution in [-0.2, 0) is 9.59 Å². The van der Waals surface area contributed by atoms with Gasteiger partial charge in [-0.25, -0.2) is 0 Å². The van der Waals surface area contributed by atoms with E-state index in [0.717, 1.165) is 39.1 Å². The molecule has 1 N–H and O–H groups in total. The summed E-state index contributed by atoms with van der Waals surface area (Å²) in [7, 11) is 0. The Kier molecular flexibility index (Phi) is 15.6. The Morgan fingerprint density at radius 3 is 1.86 bits per heavy atom. The minimum absolute atomic E-state index is 0. The van der Waals surface area contributed by atoms with Crippen molar-refractivity contribution in [2.75, 3.05) is 39.3 Å². The van der Waals surface area contributed by atoms with Crippen molar-refractivity contribution >= 4 is 11.8 Å². The fourth-order valence-corrected chi connectivity index (χ4v) is 2.20. The molecule has 1 aliphatic heterocycles. The predicted octanol–water partition coefficient (Wildman–Crippen LogP) is 2.51. The van der Waals surface area contributed by atoms with Gasteiger partial charge >= 0.3 is 0 Å². The zero-order chi connectivity index (χ0) is 16.1. The molecule has 1 heterocycles. The predicted molar refractivity (Wildman–Crippen MR) is 93.9 cm³/mol. The van der Waals surface area contributed by atoms with Gasteiger partial charge in [0.2, 0.25) is 11.8 Å². The Hall–Kier alpha value is -1.10. The molecule has 2 amide bonds. The van der Waals surface area contributed by atoms with Gasteiger partial charge in [0.25, 0.3) is 0 Å². The summed E-state index contributed by atoms with van der Waals surface area (Å²) >= 11 is 0. The molecule has 0 aromatic carbocycles. The Morgan fingerprint density at radius 1 is 0.955 bits per heavy atom. The quantitative estimate of drug-likeness (QED) is 0.819. The Morgan fingerprint density at radius 2 is 1.50 bits per heavy atom. The number of hydrogen-bond donors (Lipinski definition) is 1. The molecule has 0 aromatic rings. The van der Waals surface area contributed by atoms with Crippen molar-refractivity contribution in [3.63, 3.8) is 0 Å². The Labute approximate surface area is 137 Å². The van der Waals surface area contributed by atoms with Crippen molar-refractivity contribution in [1.82, 2.24) is 15.1 Å². The highest BCUT2D eigenvalue weighted by Crippen LogP contribution is 2.02. The molecule has 0 saturated carbocycles. The van der Waals surface area contributed by atoms with E-state index in [-0.39, 0.29) is 25.8 Å². The van der Waals surface area contributed by atoms with Gasteiger partial charge in [-0.15, -0.1) is 0 Å². The van der Waals surface area contributed by atoms with Gasteiger partial charge in [-0.3, -0.25) is 14.5 Å². The van der Waals surface area contributed by atoms with Crippen molar-refractivity contribution in [1.29, 1.82) is 0 Å². The van der Waals surface area contributed by atoms with E-state index in [1.165, 1.54) is 26.2 Å². The van der Waals surface area contributed by atoms with Gasteiger partial charge in [-0.05, 0) is 13.0 Å². The van der Waals surface area contributed by atoms with Crippen LogP contribution in [0.1, 0.15) is 60.8 Å². The van der Waals surface area contributed by atoms with E-state index in [1.54, 1.807) is 0 Å². The van der Waals surface area contributed by atoms with E-state index in [1.807, 2.05) is 4.90 Å². The zero-order valence-electron chi connectivity index (χ0n) is 14.3. The second-order valence-electron chi connectivity index (χ2n) is 5.49. The second kappa shape index (κ2) is 14.8. The van der Waals surface area contributed by atoms with Crippen LogP contribution in [0.3, 0.4) is 0 Å². The van der Waals surface area contributed by atoms with Gasteiger partial charge in [0.15, 0.2) is 0 Å². The molecule has 0 aromatic heterocycles. The topological polar surface area (TPSA) is 52.6 Å². The molecule has 1 aliphatic rings. The van der Waals surface area contributed by atoms with Crippen molar-refractivity contribution in [2.45, 2.75) is 60.8 Å². The Bertz CT molecular complexity index is 286. The molecule has 0 unspecified atom stereocenters. The molecule has 0 aliphatic carbocycles.